The third-order valence-corrected chi connectivity index (χ3v) is 3.58. The molecule has 5 nitrogen and oxygen atoms in total. The fraction of sp³-hybridized carbons (Fsp3) is 0.500. The molecule has 0 N–H and O–H groups in total. The molecule has 0 saturated carbocycles. The zero-order valence-electron chi connectivity index (χ0n) is 11.4. The minimum absolute atomic E-state index is 0.398. The molecule has 102 valence electrons. The van der Waals surface area contributed by atoms with Crippen LogP contribution >= 0.6 is 0 Å². The lowest BCUT2D eigenvalue weighted by molar-refractivity contribution is 0.135. The van der Waals surface area contributed by atoms with Crippen molar-refractivity contribution in [3.8, 4) is 0 Å². The Kier molecular flexibility index (Phi) is 3.40. The van der Waals surface area contributed by atoms with E-state index in [1.165, 1.54) is 16.8 Å². The summed E-state index contributed by atoms with van der Waals surface area (Å²) in [5.74, 6) is 0.398. The second kappa shape index (κ2) is 5.19. The van der Waals surface area contributed by atoms with Crippen LogP contribution in [0.4, 0.5) is 0 Å². The number of nitrogens with zero attached hydrogens (tertiary/aromatic N) is 3. The zero-order valence-corrected chi connectivity index (χ0v) is 11.4. The fourth-order valence-electron chi connectivity index (χ4n) is 2.81. The van der Waals surface area contributed by atoms with E-state index in [2.05, 4.69) is 16.2 Å². The van der Waals surface area contributed by atoms with Crippen molar-refractivity contribution in [2.24, 2.45) is 7.05 Å². The number of hydrogen-bond acceptors (Lipinski definition) is 4. The van der Waals surface area contributed by atoms with Gasteiger partial charge in [-0.15, -0.1) is 0 Å². The van der Waals surface area contributed by atoms with Crippen molar-refractivity contribution in [2.45, 2.75) is 19.0 Å². The van der Waals surface area contributed by atoms with Gasteiger partial charge in [0.25, 0.3) is 0 Å². The summed E-state index contributed by atoms with van der Waals surface area (Å²) in [5.41, 5.74) is 3.70. The van der Waals surface area contributed by atoms with E-state index in [-0.39, 0.29) is 0 Å². The van der Waals surface area contributed by atoms with Crippen LogP contribution in [0.3, 0.4) is 0 Å². The molecule has 0 spiro atoms. The van der Waals surface area contributed by atoms with Crippen molar-refractivity contribution >= 4 is 0 Å². The molecule has 2 aromatic rings. The van der Waals surface area contributed by atoms with Gasteiger partial charge in [0.15, 0.2) is 0 Å². The molecule has 1 aliphatic heterocycles. The lowest BCUT2D eigenvalue weighted by atomic mass is 9.95. The van der Waals surface area contributed by atoms with E-state index in [0.717, 1.165) is 26.2 Å². The minimum atomic E-state index is 0.398. The maximum atomic E-state index is 5.35. The van der Waals surface area contributed by atoms with Gasteiger partial charge in [-0.25, -0.2) is 0 Å². The normalized spacial score (nSPS) is 19.6. The Morgan fingerprint density at radius 3 is 3.16 bits per heavy atom. The smallest absolute Gasteiger partial charge is 0.0947 e. The van der Waals surface area contributed by atoms with E-state index in [1.54, 1.807) is 19.6 Å². The van der Waals surface area contributed by atoms with Crippen molar-refractivity contribution in [1.29, 1.82) is 0 Å². The number of aromatic nitrogens is 2. The number of fused-ring (bicyclic) bond motifs is 1. The maximum absolute atomic E-state index is 5.35. The number of aryl methyl sites for hydroxylation is 1. The van der Waals surface area contributed by atoms with Gasteiger partial charge >= 0.3 is 0 Å². The first-order chi connectivity index (χ1) is 9.26. The molecule has 0 amide bonds. The lowest BCUT2D eigenvalue weighted by Gasteiger charge is -2.31. The first kappa shape index (κ1) is 12.4. The van der Waals surface area contributed by atoms with Crippen molar-refractivity contribution < 1.29 is 9.15 Å². The van der Waals surface area contributed by atoms with Crippen LogP contribution in [-0.4, -0.2) is 34.9 Å². The van der Waals surface area contributed by atoms with Crippen molar-refractivity contribution in [2.75, 3.05) is 20.3 Å². The highest BCUT2D eigenvalue weighted by Crippen LogP contribution is 2.28. The van der Waals surface area contributed by atoms with E-state index in [0.29, 0.717) is 5.92 Å². The second-order valence-electron chi connectivity index (χ2n) is 5.16. The number of furan rings is 1. The Morgan fingerprint density at radius 2 is 2.42 bits per heavy atom. The number of ether oxygens (including phenoxy) is 1. The quantitative estimate of drug-likeness (QED) is 0.841. The SMILES string of the molecule is COC[C@@H]1CN(Cc2ccoc2)Cc2nn(C)cc21. The molecule has 3 heterocycles. The summed E-state index contributed by atoms with van der Waals surface area (Å²) in [6.07, 6.45) is 5.64. The molecule has 1 aliphatic rings. The van der Waals surface area contributed by atoms with Gasteiger partial charge in [0.05, 0.1) is 24.8 Å². The van der Waals surface area contributed by atoms with Gasteiger partial charge in [-0.2, -0.15) is 5.10 Å². The van der Waals surface area contributed by atoms with E-state index in [4.69, 9.17) is 9.15 Å². The molecule has 2 aromatic heterocycles. The molecule has 0 aromatic carbocycles. The molecule has 0 unspecified atom stereocenters. The van der Waals surface area contributed by atoms with E-state index in [9.17, 15) is 0 Å². The van der Waals surface area contributed by atoms with Crippen LogP contribution in [0.2, 0.25) is 0 Å². The molecule has 1 atom stereocenters. The number of methoxy groups -OCH3 is 1. The van der Waals surface area contributed by atoms with Gasteiger partial charge in [0.1, 0.15) is 0 Å². The van der Waals surface area contributed by atoms with E-state index < -0.39 is 0 Å². The summed E-state index contributed by atoms with van der Waals surface area (Å²) in [7, 11) is 3.73. The molecule has 0 radical (unpaired) electrons. The Balaban J connectivity index is 1.79. The highest BCUT2D eigenvalue weighted by molar-refractivity contribution is 5.25. The van der Waals surface area contributed by atoms with Gasteiger partial charge in [-0.3, -0.25) is 9.58 Å². The average molecular weight is 261 g/mol. The first-order valence-electron chi connectivity index (χ1n) is 6.51. The summed E-state index contributed by atoms with van der Waals surface area (Å²) >= 11 is 0. The largest absolute Gasteiger partial charge is 0.472 e. The summed E-state index contributed by atoms with van der Waals surface area (Å²) in [6.45, 7) is 3.52. The molecule has 0 fully saturated rings. The van der Waals surface area contributed by atoms with Crippen molar-refractivity contribution in [3.63, 3.8) is 0 Å². The van der Waals surface area contributed by atoms with Crippen LogP contribution in [0, 0.1) is 0 Å². The molecular formula is C14H19N3O2. The molecule has 5 heteroatoms. The molecular weight excluding hydrogens is 242 g/mol. The Bertz CT molecular complexity index is 533. The highest BCUT2D eigenvalue weighted by atomic mass is 16.5. The predicted molar refractivity (Wildman–Crippen MR) is 70.6 cm³/mol. The van der Waals surface area contributed by atoms with Crippen LogP contribution in [0.25, 0.3) is 0 Å². The summed E-state index contributed by atoms with van der Waals surface area (Å²) < 4.78 is 12.4. The third kappa shape index (κ3) is 2.57. The van der Waals surface area contributed by atoms with Crippen LogP contribution in [0.15, 0.2) is 29.2 Å². The zero-order chi connectivity index (χ0) is 13.2. The van der Waals surface area contributed by atoms with Crippen LogP contribution in [-0.2, 0) is 24.9 Å². The van der Waals surface area contributed by atoms with Gasteiger partial charge in [-0.05, 0) is 6.07 Å². The molecule has 3 rings (SSSR count). The van der Waals surface area contributed by atoms with Crippen molar-refractivity contribution in [1.82, 2.24) is 14.7 Å². The lowest BCUT2D eigenvalue weighted by Crippen LogP contribution is -2.34. The molecule has 0 aliphatic carbocycles. The Morgan fingerprint density at radius 1 is 1.53 bits per heavy atom. The second-order valence-corrected chi connectivity index (χ2v) is 5.16. The summed E-state index contributed by atoms with van der Waals surface area (Å²) in [6, 6.07) is 2.01. The van der Waals surface area contributed by atoms with Gasteiger partial charge in [-0.1, -0.05) is 0 Å². The van der Waals surface area contributed by atoms with Crippen molar-refractivity contribution in [3.05, 3.63) is 41.6 Å². The summed E-state index contributed by atoms with van der Waals surface area (Å²) in [5, 5.41) is 4.56. The van der Waals surface area contributed by atoms with Gasteiger partial charge < -0.3 is 9.15 Å². The Hall–Kier alpha value is -1.59. The van der Waals surface area contributed by atoms with Gasteiger partial charge in [0.2, 0.25) is 0 Å². The Labute approximate surface area is 112 Å². The van der Waals surface area contributed by atoms with E-state index in [1.807, 2.05) is 17.8 Å². The summed E-state index contributed by atoms with van der Waals surface area (Å²) in [4.78, 5) is 2.39. The molecule has 0 saturated heterocycles. The highest BCUT2D eigenvalue weighted by Gasteiger charge is 2.27. The van der Waals surface area contributed by atoms with Crippen LogP contribution in [0.5, 0.6) is 0 Å². The number of hydrogen-bond donors (Lipinski definition) is 0. The minimum Gasteiger partial charge on any atom is -0.472 e. The van der Waals surface area contributed by atoms with Crippen LogP contribution in [0.1, 0.15) is 22.7 Å². The predicted octanol–water partition coefficient (Wildman–Crippen LogP) is 1.76. The first-order valence-corrected chi connectivity index (χ1v) is 6.51. The monoisotopic (exact) mass is 261 g/mol. The van der Waals surface area contributed by atoms with Crippen LogP contribution < -0.4 is 0 Å². The molecule has 0 bridgehead atoms. The standard InChI is InChI=1S/C14H19N3O2/c1-16-7-13-12(10-18-2)6-17(8-14(13)15-16)5-11-3-4-19-9-11/h3-4,7,9,12H,5-6,8,10H2,1-2H3/t12-/m0/s1. The maximum Gasteiger partial charge on any atom is 0.0947 e. The topological polar surface area (TPSA) is 43.4 Å². The number of rotatable bonds is 4. The third-order valence-electron chi connectivity index (χ3n) is 3.58. The molecule has 19 heavy (non-hydrogen) atoms. The van der Waals surface area contributed by atoms with E-state index >= 15 is 0 Å². The average Bonchev–Trinajstić information content (AvgIpc) is 2.98. The fourth-order valence-corrected chi connectivity index (χ4v) is 2.81. The van der Waals surface area contributed by atoms with Gasteiger partial charge in [0, 0.05) is 57.0 Å².